The molecule has 0 aromatic heterocycles. The van der Waals surface area contributed by atoms with Crippen molar-refractivity contribution >= 4 is 23.1 Å². The average Bonchev–Trinajstić information content (AvgIpc) is 2.28. The Kier molecular flexibility index (Phi) is 4.78. The van der Waals surface area contributed by atoms with Gasteiger partial charge in [-0.2, -0.15) is 0 Å². The van der Waals surface area contributed by atoms with Crippen molar-refractivity contribution in [1.82, 2.24) is 5.32 Å². The number of benzene rings is 1. The Labute approximate surface area is 112 Å². The number of hydrogen-bond acceptors (Lipinski definition) is 2. The Morgan fingerprint density at radius 3 is 2.72 bits per heavy atom. The first-order valence-corrected chi connectivity index (χ1v) is 6.07. The van der Waals surface area contributed by atoms with Gasteiger partial charge in [-0.05, 0) is 38.0 Å². The number of hydrogen-bond donors (Lipinski definition) is 2. The van der Waals surface area contributed by atoms with Gasteiger partial charge < -0.3 is 11.1 Å². The Hall–Kier alpha value is -1.49. The van der Waals surface area contributed by atoms with Crippen molar-refractivity contribution in [2.45, 2.75) is 20.3 Å². The minimum atomic E-state index is -0.864. The van der Waals surface area contributed by atoms with Gasteiger partial charge >= 0.3 is 0 Å². The minimum absolute atomic E-state index is 0.158. The van der Waals surface area contributed by atoms with Crippen LogP contribution in [0.5, 0.6) is 0 Å². The van der Waals surface area contributed by atoms with Crippen LogP contribution in [0.1, 0.15) is 19.4 Å². The van der Waals surface area contributed by atoms with Crippen LogP contribution in [0.15, 0.2) is 24.3 Å². The van der Waals surface area contributed by atoms with Crippen LogP contribution in [0.2, 0.25) is 0 Å². The molecule has 1 rings (SSSR count). The largest absolute Gasteiger partial charge is 0.392 e. The fraction of sp³-hybridized carbons (Fsp3) is 0.385. The van der Waals surface area contributed by atoms with E-state index in [1.807, 2.05) is 6.07 Å². The molecule has 1 amide bonds. The van der Waals surface area contributed by atoms with E-state index >= 15 is 0 Å². The first kappa shape index (κ1) is 14.6. The van der Waals surface area contributed by atoms with Gasteiger partial charge in [-0.1, -0.05) is 24.4 Å². The molecule has 0 heterocycles. The van der Waals surface area contributed by atoms with Crippen LogP contribution < -0.4 is 11.1 Å². The molecule has 3 nitrogen and oxygen atoms in total. The van der Waals surface area contributed by atoms with Gasteiger partial charge in [0.15, 0.2) is 0 Å². The van der Waals surface area contributed by atoms with E-state index < -0.39 is 5.41 Å². The van der Waals surface area contributed by atoms with Gasteiger partial charge in [-0.3, -0.25) is 4.79 Å². The summed E-state index contributed by atoms with van der Waals surface area (Å²) in [6.45, 7) is 3.77. The van der Waals surface area contributed by atoms with E-state index in [4.69, 9.17) is 18.0 Å². The number of thiocarbonyl (C=S) groups is 1. The monoisotopic (exact) mass is 268 g/mol. The SMILES string of the molecule is CC(C)(C(=O)NCCc1cccc(F)c1)C(N)=S. The molecule has 18 heavy (non-hydrogen) atoms. The van der Waals surface area contributed by atoms with Crippen molar-refractivity contribution in [2.24, 2.45) is 11.1 Å². The summed E-state index contributed by atoms with van der Waals surface area (Å²) in [7, 11) is 0. The molecule has 0 saturated heterocycles. The van der Waals surface area contributed by atoms with Gasteiger partial charge in [-0.15, -0.1) is 0 Å². The van der Waals surface area contributed by atoms with Crippen molar-refractivity contribution in [3.05, 3.63) is 35.6 Å². The van der Waals surface area contributed by atoms with E-state index in [1.54, 1.807) is 19.9 Å². The smallest absolute Gasteiger partial charge is 0.232 e. The molecule has 1 aromatic rings. The van der Waals surface area contributed by atoms with E-state index in [-0.39, 0.29) is 16.7 Å². The fourth-order valence-corrected chi connectivity index (χ4v) is 1.44. The van der Waals surface area contributed by atoms with Crippen molar-refractivity contribution in [3.8, 4) is 0 Å². The van der Waals surface area contributed by atoms with Gasteiger partial charge in [0.2, 0.25) is 5.91 Å². The molecule has 0 radical (unpaired) electrons. The summed E-state index contributed by atoms with van der Waals surface area (Å²) in [4.78, 5) is 12.0. The Morgan fingerprint density at radius 1 is 1.50 bits per heavy atom. The summed E-state index contributed by atoms with van der Waals surface area (Å²) in [5, 5.41) is 2.74. The number of nitrogens with one attached hydrogen (secondary N) is 1. The highest BCUT2D eigenvalue weighted by atomic mass is 32.1. The second-order valence-electron chi connectivity index (χ2n) is 4.63. The predicted octanol–water partition coefficient (Wildman–Crippen LogP) is 1.80. The molecule has 3 N–H and O–H groups in total. The van der Waals surface area contributed by atoms with Crippen LogP contribution in [0.25, 0.3) is 0 Å². The van der Waals surface area contributed by atoms with Crippen LogP contribution in [0.4, 0.5) is 4.39 Å². The third kappa shape index (κ3) is 3.77. The summed E-state index contributed by atoms with van der Waals surface area (Å²) in [6.07, 6.45) is 0.566. The molecule has 0 aliphatic rings. The topological polar surface area (TPSA) is 55.1 Å². The Bertz CT molecular complexity index is 460. The number of carbonyl (C=O) groups excluding carboxylic acids is 1. The van der Waals surface area contributed by atoms with E-state index in [0.717, 1.165) is 5.56 Å². The van der Waals surface area contributed by atoms with Gasteiger partial charge in [0.05, 0.1) is 10.4 Å². The lowest BCUT2D eigenvalue weighted by Gasteiger charge is -2.21. The molecule has 0 atom stereocenters. The average molecular weight is 268 g/mol. The molecule has 0 fully saturated rings. The summed E-state index contributed by atoms with van der Waals surface area (Å²) in [5.41, 5.74) is 5.47. The highest BCUT2D eigenvalue weighted by Crippen LogP contribution is 2.15. The first-order valence-electron chi connectivity index (χ1n) is 5.66. The second-order valence-corrected chi connectivity index (χ2v) is 5.06. The quantitative estimate of drug-likeness (QED) is 0.801. The zero-order chi connectivity index (χ0) is 13.8. The van der Waals surface area contributed by atoms with Gasteiger partial charge in [-0.25, -0.2) is 4.39 Å². The van der Waals surface area contributed by atoms with Gasteiger partial charge in [0.1, 0.15) is 5.82 Å². The lowest BCUT2D eigenvalue weighted by Crippen LogP contribution is -2.45. The van der Waals surface area contributed by atoms with E-state index in [2.05, 4.69) is 5.32 Å². The minimum Gasteiger partial charge on any atom is -0.392 e. The molecule has 0 spiro atoms. The van der Waals surface area contributed by atoms with Crippen molar-refractivity contribution in [1.29, 1.82) is 0 Å². The highest BCUT2D eigenvalue weighted by molar-refractivity contribution is 7.80. The summed E-state index contributed by atoms with van der Waals surface area (Å²) in [6, 6.07) is 6.29. The lowest BCUT2D eigenvalue weighted by atomic mass is 9.92. The molecular formula is C13H17FN2OS. The zero-order valence-corrected chi connectivity index (χ0v) is 11.3. The van der Waals surface area contributed by atoms with Crippen LogP contribution in [-0.2, 0) is 11.2 Å². The number of nitrogens with two attached hydrogens (primary N) is 1. The molecule has 5 heteroatoms. The maximum atomic E-state index is 12.9. The molecule has 0 saturated carbocycles. The van der Waals surface area contributed by atoms with Crippen molar-refractivity contribution in [3.63, 3.8) is 0 Å². The normalized spacial score (nSPS) is 11.1. The van der Waals surface area contributed by atoms with E-state index in [9.17, 15) is 9.18 Å². The predicted molar refractivity (Wildman–Crippen MR) is 73.7 cm³/mol. The van der Waals surface area contributed by atoms with Crippen LogP contribution in [0.3, 0.4) is 0 Å². The Balaban J connectivity index is 2.48. The van der Waals surface area contributed by atoms with E-state index in [0.29, 0.717) is 13.0 Å². The first-order chi connectivity index (χ1) is 8.34. The molecule has 98 valence electrons. The van der Waals surface area contributed by atoms with Crippen molar-refractivity contribution in [2.75, 3.05) is 6.54 Å². The summed E-state index contributed by atoms with van der Waals surface area (Å²) >= 11 is 4.84. The maximum Gasteiger partial charge on any atom is 0.232 e. The lowest BCUT2D eigenvalue weighted by molar-refractivity contribution is -0.126. The van der Waals surface area contributed by atoms with Gasteiger partial charge in [0.25, 0.3) is 0 Å². The van der Waals surface area contributed by atoms with Crippen LogP contribution in [-0.4, -0.2) is 17.4 Å². The fourth-order valence-electron chi connectivity index (χ4n) is 1.35. The standard InChI is InChI=1S/C13H17FN2OS/c1-13(2,11(15)18)12(17)16-7-6-9-4-3-5-10(14)8-9/h3-5,8H,6-7H2,1-2H3,(H2,15,18)(H,16,17). The van der Waals surface area contributed by atoms with Crippen molar-refractivity contribution < 1.29 is 9.18 Å². The van der Waals surface area contributed by atoms with Gasteiger partial charge in [0, 0.05) is 6.54 Å². The molecule has 0 unspecified atom stereocenters. The number of halogens is 1. The molecule has 0 aliphatic carbocycles. The van der Waals surface area contributed by atoms with Crippen LogP contribution in [0, 0.1) is 11.2 Å². The maximum absolute atomic E-state index is 12.9. The zero-order valence-electron chi connectivity index (χ0n) is 10.5. The highest BCUT2D eigenvalue weighted by Gasteiger charge is 2.30. The summed E-state index contributed by atoms with van der Waals surface area (Å²) in [5.74, 6) is -0.492. The van der Waals surface area contributed by atoms with Crippen LogP contribution >= 0.6 is 12.2 Å². The molecule has 0 aliphatic heterocycles. The third-order valence-corrected chi connectivity index (χ3v) is 3.28. The summed E-state index contributed by atoms with van der Waals surface area (Å²) < 4.78 is 12.9. The van der Waals surface area contributed by atoms with E-state index in [1.165, 1.54) is 12.1 Å². The molecule has 1 aromatic carbocycles. The third-order valence-electron chi connectivity index (χ3n) is 2.77. The number of amides is 1. The number of rotatable bonds is 5. The second kappa shape index (κ2) is 5.91. The molecule has 0 bridgehead atoms. The Morgan fingerprint density at radius 2 is 2.17 bits per heavy atom. The number of carbonyl (C=O) groups is 1. The molecular weight excluding hydrogens is 251 g/mol.